The van der Waals surface area contributed by atoms with Crippen LogP contribution in [0.25, 0.3) is 0 Å². The first kappa shape index (κ1) is 20.0. The molecule has 0 aliphatic carbocycles. The Bertz CT molecular complexity index is 825. The summed E-state index contributed by atoms with van der Waals surface area (Å²) in [5.74, 6) is -3.61. The number of alkyl halides is 3. The normalized spacial score (nSPS) is 12.5. The minimum atomic E-state index is -4.70. The summed E-state index contributed by atoms with van der Waals surface area (Å²) in [5, 5.41) is 10.2. The first-order valence-electron chi connectivity index (χ1n) is 7.10. The Kier molecular flexibility index (Phi) is 6.09. The summed E-state index contributed by atoms with van der Waals surface area (Å²) < 4.78 is 37.1. The van der Waals surface area contributed by atoms with E-state index in [2.05, 4.69) is 20.7 Å². The second kappa shape index (κ2) is 7.92. The molecule has 12 heteroatoms. The van der Waals surface area contributed by atoms with Crippen molar-refractivity contribution < 1.29 is 22.8 Å². The van der Waals surface area contributed by atoms with Crippen LogP contribution in [0.2, 0.25) is 10.0 Å². The maximum Gasteiger partial charge on any atom is 0.453 e. The average molecular weight is 410 g/mol. The molecular formula is C14H12Cl2F3N5O2. The van der Waals surface area contributed by atoms with E-state index in [-0.39, 0.29) is 5.82 Å². The summed E-state index contributed by atoms with van der Waals surface area (Å²) >= 11 is 11.7. The maximum absolute atomic E-state index is 12.4. The Hall–Kier alpha value is -2.33. The van der Waals surface area contributed by atoms with Crippen molar-refractivity contribution in [3.8, 4) is 0 Å². The van der Waals surface area contributed by atoms with Crippen LogP contribution in [0.1, 0.15) is 30.2 Å². The van der Waals surface area contributed by atoms with Crippen LogP contribution in [0, 0.1) is 0 Å². The van der Waals surface area contributed by atoms with E-state index in [0.717, 1.165) is 0 Å². The zero-order chi connectivity index (χ0) is 19.5. The number of nitrogens with zero attached hydrogens (tertiary/aromatic N) is 2. The van der Waals surface area contributed by atoms with Gasteiger partial charge in [-0.25, -0.2) is 4.98 Å². The molecule has 1 aromatic heterocycles. The Balaban J connectivity index is 1.90. The highest BCUT2D eigenvalue weighted by Crippen LogP contribution is 2.26. The molecule has 26 heavy (non-hydrogen) atoms. The summed E-state index contributed by atoms with van der Waals surface area (Å²) in [6, 6.07) is 4.17. The van der Waals surface area contributed by atoms with Gasteiger partial charge in [-0.2, -0.15) is 13.2 Å². The van der Waals surface area contributed by atoms with Gasteiger partial charge in [-0.3, -0.25) is 14.7 Å². The number of hydrogen-bond donors (Lipinski definition) is 3. The molecule has 2 aromatic rings. The van der Waals surface area contributed by atoms with Crippen LogP contribution in [0.5, 0.6) is 0 Å². The maximum atomic E-state index is 12.4. The third-order valence-electron chi connectivity index (χ3n) is 3.20. The van der Waals surface area contributed by atoms with Crippen LogP contribution in [0.3, 0.4) is 0 Å². The quantitative estimate of drug-likeness (QED) is 0.675. The van der Waals surface area contributed by atoms with Gasteiger partial charge < -0.3 is 10.6 Å². The monoisotopic (exact) mass is 409 g/mol. The van der Waals surface area contributed by atoms with E-state index in [0.29, 0.717) is 15.6 Å². The van der Waals surface area contributed by atoms with E-state index >= 15 is 0 Å². The van der Waals surface area contributed by atoms with Gasteiger partial charge >= 0.3 is 18.0 Å². The van der Waals surface area contributed by atoms with Gasteiger partial charge in [0, 0.05) is 0 Å². The van der Waals surface area contributed by atoms with Gasteiger partial charge in [-0.1, -0.05) is 29.3 Å². The molecule has 3 N–H and O–H groups in total. The molecule has 2 rings (SSSR count). The molecule has 0 saturated carbocycles. The van der Waals surface area contributed by atoms with Crippen LogP contribution in [0.4, 0.5) is 13.2 Å². The molecular weight excluding hydrogens is 398 g/mol. The minimum absolute atomic E-state index is 0.240. The Morgan fingerprint density at radius 3 is 2.50 bits per heavy atom. The highest BCUT2D eigenvalue weighted by molar-refractivity contribution is 6.42. The number of aromatic nitrogens is 3. The number of nitrogens with one attached hydrogen (secondary N) is 3. The molecule has 1 atom stereocenters. The third kappa shape index (κ3) is 5.09. The number of hydrogen-bond acceptors (Lipinski definition) is 4. The molecule has 0 radical (unpaired) electrons. The number of carbonyl (C=O) groups excluding carboxylic acids is 2. The summed E-state index contributed by atoms with van der Waals surface area (Å²) in [6.45, 7) is 1.20. The Morgan fingerprint density at radius 2 is 1.92 bits per heavy atom. The summed E-state index contributed by atoms with van der Waals surface area (Å²) in [7, 11) is 0. The number of amides is 2. The van der Waals surface area contributed by atoms with Crippen molar-refractivity contribution in [2.45, 2.75) is 25.7 Å². The highest BCUT2D eigenvalue weighted by atomic mass is 35.5. The van der Waals surface area contributed by atoms with Crippen molar-refractivity contribution in [3.63, 3.8) is 0 Å². The van der Waals surface area contributed by atoms with Crippen molar-refractivity contribution in [3.05, 3.63) is 45.5 Å². The van der Waals surface area contributed by atoms with Gasteiger partial charge in [0.15, 0.2) is 0 Å². The average Bonchev–Trinajstić information content (AvgIpc) is 3.04. The van der Waals surface area contributed by atoms with Gasteiger partial charge in [0.2, 0.25) is 0 Å². The number of H-pyrrole nitrogens is 1. The van der Waals surface area contributed by atoms with Gasteiger partial charge in [0.1, 0.15) is 5.82 Å². The lowest BCUT2D eigenvalue weighted by Gasteiger charge is -2.14. The van der Waals surface area contributed by atoms with Gasteiger partial charge in [0.25, 0.3) is 5.82 Å². The van der Waals surface area contributed by atoms with E-state index in [1.54, 1.807) is 25.1 Å². The van der Waals surface area contributed by atoms with Crippen molar-refractivity contribution in [1.29, 1.82) is 0 Å². The molecule has 1 aromatic carbocycles. The number of rotatable bonds is 4. The fourth-order valence-electron chi connectivity index (χ4n) is 1.87. The first-order chi connectivity index (χ1) is 12.1. The third-order valence-corrected chi connectivity index (χ3v) is 3.94. The predicted octanol–water partition coefficient (Wildman–Crippen LogP) is 2.62. The van der Waals surface area contributed by atoms with E-state index < -0.39 is 36.4 Å². The Morgan fingerprint density at radius 1 is 1.23 bits per heavy atom. The van der Waals surface area contributed by atoms with Crippen molar-refractivity contribution in [1.82, 2.24) is 25.8 Å². The SMILES string of the molecule is C[C@@H](NC(=O)C(=O)NCc1nc(C(F)(F)F)n[nH]1)c1ccc(Cl)c(Cl)c1. The lowest BCUT2D eigenvalue weighted by Crippen LogP contribution is -2.40. The Labute approximate surface area is 155 Å². The topological polar surface area (TPSA) is 99.8 Å². The van der Waals surface area contributed by atoms with Crippen molar-refractivity contribution in [2.75, 3.05) is 0 Å². The highest BCUT2D eigenvalue weighted by Gasteiger charge is 2.36. The fourth-order valence-corrected chi connectivity index (χ4v) is 2.18. The lowest BCUT2D eigenvalue weighted by molar-refractivity contribution is -0.144. The number of carbonyl (C=O) groups is 2. The van der Waals surface area contributed by atoms with E-state index in [9.17, 15) is 22.8 Å². The van der Waals surface area contributed by atoms with Crippen LogP contribution in [0.15, 0.2) is 18.2 Å². The summed E-state index contributed by atoms with van der Waals surface area (Å²) in [6.07, 6.45) is -4.70. The molecule has 0 bridgehead atoms. The fraction of sp³-hybridized carbons (Fsp3) is 0.286. The van der Waals surface area contributed by atoms with Crippen LogP contribution in [-0.2, 0) is 22.3 Å². The van der Waals surface area contributed by atoms with E-state index in [4.69, 9.17) is 23.2 Å². The summed E-state index contributed by atoms with van der Waals surface area (Å²) in [5.41, 5.74) is 0.616. The molecule has 0 unspecified atom stereocenters. The van der Waals surface area contributed by atoms with E-state index in [1.807, 2.05) is 5.10 Å². The van der Waals surface area contributed by atoms with Gasteiger partial charge in [-0.05, 0) is 24.6 Å². The molecule has 0 saturated heterocycles. The lowest BCUT2D eigenvalue weighted by atomic mass is 10.1. The zero-order valence-corrected chi connectivity index (χ0v) is 14.6. The van der Waals surface area contributed by atoms with Gasteiger partial charge in [0.05, 0.1) is 22.6 Å². The first-order valence-corrected chi connectivity index (χ1v) is 7.85. The van der Waals surface area contributed by atoms with Crippen molar-refractivity contribution in [2.24, 2.45) is 0 Å². The molecule has 0 spiro atoms. The molecule has 2 amide bonds. The second-order valence-corrected chi connectivity index (χ2v) is 5.97. The molecule has 1 heterocycles. The minimum Gasteiger partial charge on any atom is -0.341 e. The molecule has 140 valence electrons. The number of aromatic amines is 1. The molecule has 0 fully saturated rings. The predicted molar refractivity (Wildman–Crippen MR) is 86.3 cm³/mol. The molecule has 0 aliphatic heterocycles. The second-order valence-electron chi connectivity index (χ2n) is 5.15. The number of halogens is 5. The van der Waals surface area contributed by atoms with Gasteiger partial charge in [-0.15, -0.1) is 5.10 Å². The molecule has 0 aliphatic rings. The smallest absolute Gasteiger partial charge is 0.341 e. The van der Waals surface area contributed by atoms with E-state index in [1.165, 1.54) is 0 Å². The summed E-state index contributed by atoms with van der Waals surface area (Å²) in [4.78, 5) is 26.8. The van der Waals surface area contributed by atoms with Crippen LogP contribution in [-0.4, -0.2) is 27.0 Å². The number of benzene rings is 1. The van der Waals surface area contributed by atoms with Crippen LogP contribution >= 0.6 is 23.2 Å². The van der Waals surface area contributed by atoms with Crippen LogP contribution < -0.4 is 10.6 Å². The zero-order valence-electron chi connectivity index (χ0n) is 13.1. The molecule has 7 nitrogen and oxygen atoms in total. The standard InChI is InChI=1S/C14H12Cl2F3N5O2/c1-6(7-2-3-8(15)9(16)4-7)21-12(26)11(25)20-5-10-22-13(24-23-10)14(17,18)19/h2-4,6H,5H2,1H3,(H,20,25)(H,21,26)(H,22,23,24)/t6-/m1/s1. The largest absolute Gasteiger partial charge is 0.453 e. The van der Waals surface area contributed by atoms with Crippen molar-refractivity contribution >= 4 is 35.0 Å².